The molecular formula is C28H28ClN3. The Morgan fingerprint density at radius 2 is 1.72 bits per heavy atom. The van der Waals surface area contributed by atoms with Crippen LogP contribution in [-0.2, 0) is 0 Å². The minimum Gasteiger partial charge on any atom is -0.300 e. The highest BCUT2D eigenvalue weighted by atomic mass is 35.5. The van der Waals surface area contributed by atoms with Gasteiger partial charge in [-0.05, 0) is 72.7 Å². The molecule has 4 heteroatoms. The van der Waals surface area contributed by atoms with Crippen LogP contribution in [0.2, 0.25) is 5.02 Å². The number of piperidine rings is 1. The van der Waals surface area contributed by atoms with E-state index in [1.807, 2.05) is 61.1 Å². The van der Waals surface area contributed by atoms with Crippen molar-refractivity contribution in [3.05, 3.63) is 89.0 Å². The van der Waals surface area contributed by atoms with Gasteiger partial charge >= 0.3 is 0 Å². The smallest absolute Gasteiger partial charge is 0.113 e. The van der Waals surface area contributed by atoms with E-state index in [-0.39, 0.29) is 0 Å². The standard InChI is InChI=1S/C28H28ClN3/c1-28(2)14-18-32(19-15-28)17-3-4-22-13-16-30-20-24(22)7-11-27-12-8-25(21-31-27)23-5-9-26(29)10-6-23/h3-6,8-10,12-13,16,20-21H,14-15,17-19H2,1-2H3/b4-3+. The zero-order valence-electron chi connectivity index (χ0n) is 18.7. The third-order valence-electron chi connectivity index (χ3n) is 5.99. The summed E-state index contributed by atoms with van der Waals surface area (Å²) in [7, 11) is 0. The van der Waals surface area contributed by atoms with Crippen molar-refractivity contribution in [3.63, 3.8) is 0 Å². The molecule has 0 atom stereocenters. The summed E-state index contributed by atoms with van der Waals surface area (Å²) >= 11 is 5.97. The maximum absolute atomic E-state index is 5.97. The fourth-order valence-electron chi connectivity index (χ4n) is 3.74. The van der Waals surface area contributed by atoms with Crippen LogP contribution in [0.3, 0.4) is 0 Å². The number of hydrogen-bond acceptors (Lipinski definition) is 3. The average Bonchev–Trinajstić information content (AvgIpc) is 2.80. The third kappa shape index (κ3) is 6.07. The molecule has 0 saturated carbocycles. The molecule has 2 aromatic heterocycles. The molecule has 1 aromatic carbocycles. The molecular weight excluding hydrogens is 414 g/mol. The monoisotopic (exact) mass is 441 g/mol. The fourth-order valence-corrected chi connectivity index (χ4v) is 3.86. The van der Waals surface area contributed by atoms with Gasteiger partial charge in [-0.2, -0.15) is 0 Å². The zero-order valence-corrected chi connectivity index (χ0v) is 19.4. The highest BCUT2D eigenvalue weighted by molar-refractivity contribution is 6.30. The Bertz CT molecular complexity index is 1130. The van der Waals surface area contributed by atoms with E-state index < -0.39 is 0 Å². The van der Waals surface area contributed by atoms with E-state index in [0.717, 1.165) is 52.6 Å². The van der Waals surface area contributed by atoms with E-state index in [2.05, 4.69) is 52.7 Å². The second kappa shape index (κ2) is 10.1. The summed E-state index contributed by atoms with van der Waals surface area (Å²) < 4.78 is 0. The molecule has 1 aliphatic heterocycles. The molecule has 1 aliphatic rings. The summed E-state index contributed by atoms with van der Waals surface area (Å²) in [5.41, 5.74) is 5.33. The number of benzene rings is 1. The second-order valence-electron chi connectivity index (χ2n) is 9.02. The summed E-state index contributed by atoms with van der Waals surface area (Å²) in [6.07, 6.45) is 12.4. The number of aromatic nitrogens is 2. The summed E-state index contributed by atoms with van der Waals surface area (Å²) in [6.45, 7) is 8.03. The van der Waals surface area contributed by atoms with Crippen molar-refractivity contribution in [2.24, 2.45) is 5.41 Å². The molecule has 32 heavy (non-hydrogen) atoms. The maximum Gasteiger partial charge on any atom is 0.113 e. The van der Waals surface area contributed by atoms with Crippen LogP contribution >= 0.6 is 11.6 Å². The summed E-state index contributed by atoms with van der Waals surface area (Å²) in [6, 6.07) is 13.7. The Balaban J connectivity index is 1.42. The lowest BCUT2D eigenvalue weighted by atomic mass is 9.83. The van der Waals surface area contributed by atoms with Crippen LogP contribution in [0.1, 0.15) is 43.5 Å². The fraction of sp³-hybridized carbons (Fsp3) is 0.286. The Morgan fingerprint density at radius 1 is 0.969 bits per heavy atom. The first-order valence-corrected chi connectivity index (χ1v) is 11.4. The number of nitrogens with zero attached hydrogens (tertiary/aromatic N) is 3. The van der Waals surface area contributed by atoms with Gasteiger partial charge in [0.2, 0.25) is 0 Å². The van der Waals surface area contributed by atoms with Gasteiger partial charge in [0, 0.05) is 35.7 Å². The normalized spacial score (nSPS) is 16.0. The SMILES string of the molecule is CC1(C)CCN(C/C=C/c2ccncc2C#Cc2ccc(-c3ccc(Cl)cc3)cn2)CC1. The van der Waals surface area contributed by atoms with Gasteiger partial charge in [0.15, 0.2) is 0 Å². The average molecular weight is 442 g/mol. The van der Waals surface area contributed by atoms with E-state index in [1.165, 1.54) is 12.8 Å². The van der Waals surface area contributed by atoms with Gasteiger partial charge in [-0.15, -0.1) is 0 Å². The lowest BCUT2D eigenvalue weighted by Gasteiger charge is -2.36. The summed E-state index contributed by atoms with van der Waals surface area (Å²) in [5, 5.41) is 0.727. The molecule has 3 heterocycles. The zero-order chi connectivity index (χ0) is 22.4. The largest absolute Gasteiger partial charge is 0.300 e. The van der Waals surface area contributed by atoms with Gasteiger partial charge in [0.25, 0.3) is 0 Å². The Kier molecular flexibility index (Phi) is 7.05. The van der Waals surface area contributed by atoms with Crippen LogP contribution < -0.4 is 0 Å². The van der Waals surface area contributed by atoms with Crippen molar-refractivity contribution in [1.29, 1.82) is 0 Å². The van der Waals surface area contributed by atoms with Crippen molar-refractivity contribution in [1.82, 2.24) is 14.9 Å². The first kappa shape index (κ1) is 22.3. The van der Waals surface area contributed by atoms with Gasteiger partial charge < -0.3 is 0 Å². The minimum absolute atomic E-state index is 0.481. The van der Waals surface area contributed by atoms with Crippen molar-refractivity contribution in [3.8, 4) is 23.0 Å². The number of likely N-dealkylation sites (tertiary alicyclic amines) is 1. The molecule has 0 aliphatic carbocycles. The molecule has 1 saturated heterocycles. The van der Waals surface area contributed by atoms with Crippen LogP contribution in [0.15, 0.2) is 67.1 Å². The van der Waals surface area contributed by atoms with Gasteiger partial charge in [-0.25, -0.2) is 4.98 Å². The van der Waals surface area contributed by atoms with Crippen LogP contribution in [0.5, 0.6) is 0 Å². The van der Waals surface area contributed by atoms with Gasteiger partial charge in [0.1, 0.15) is 5.69 Å². The molecule has 0 spiro atoms. The summed E-state index contributed by atoms with van der Waals surface area (Å²) in [5.74, 6) is 6.41. The second-order valence-corrected chi connectivity index (χ2v) is 9.46. The van der Waals surface area contributed by atoms with Gasteiger partial charge in [-0.1, -0.05) is 61.7 Å². The first-order valence-electron chi connectivity index (χ1n) is 11.1. The lowest BCUT2D eigenvalue weighted by molar-refractivity contribution is 0.144. The highest BCUT2D eigenvalue weighted by Gasteiger charge is 2.24. The van der Waals surface area contributed by atoms with Crippen LogP contribution in [0, 0.1) is 17.3 Å². The van der Waals surface area contributed by atoms with Gasteiger partial charge in [0.05, 0.1) is 5.56 Å². The molecule has 4 rings (SSSR count). The first-order chi connectivity index (χ1) is 15.5. The summed E-state index contributed by atoms with van der Waals surface area (Å²) in [4.78, 5) is 11.3. The van der Waals surface area contributed by atoms with E-state index in [4.69, 9.17) is 11.6 Å². The van der Waals surface area contributed by atoms with Gasteiger partial charge in [-0.3, -0.25) is 9.88 Å². The van der Waals surface area contributed by atoms with Crippen molar-refractivity contribution >= 4 is 17.7 Å². The van der Waals surface area contributed by atoms with Crippen LogP contribution in [-0.4, -0.2) is 34.5 Å². The topological polar surface area (TPSA) is 29.0 Å². The quantitative estimate of drug-likeness (QED) is 0.443. The van der Waals surface area contributed by atoms with E-state index in [0.29, 0.717) is 5.41 Å². The molecule has 0 amide bonds. The number of rotatable bonds is 4. The predicted molar refractivity (Wildman–Crippen MR) is 133 cm³/mol. The molecule has 0 N–H and O–H groups in total. The predicted octanol–water partition coefficient (Wildman–Crippen LogP) is 6.33. The van der Waals surface area contributed by atoms with Crippen molar-refractivity contribution in [2.75, 3.05) is 19.6 Å². The Hall–Kier alpha value is -2.93. The Morgan fingerprint density at radius 3 is 2.44 bits per heavy atom. The van der Waals surface area contributed by atoms with E-state index >= 15 is 0 Å². The van der Waals surface area contributed by atoms with Crippen molar-refractivity contribution < 1.29 is 0 Å². The van der Waals surface area contributed by atoms with Crippen LogP contribution in [0.4, 0.5) is 0 Å². The molecule has 0 unspecified atom stereocenters. The van der Waals surface area contributed by atoms with Crippen LogP contribution in [0.25, 0.3) is 17.2 Å². The molecule has 0 radical (unpaired) electrons. The molecule has 3 nitrogen and oxygen atoms in total. The molecule has 3 aromatic rings. The molecule has 162 valence electrons. The molecule has 1 fully saturated rings. The van der Waals surface area contributed by atoms with E-state index in [9.17, 15) is 0 Å². The molecule has 0 bridgehead atoms. The third-order valence-corrected chi connectivity index (χ3v) is 6.24. The highest BCUT2D eigenvalue weighted by Crippen LogP contribution is 2.29. The number of hydrogen-bond donors (Lipinski definition) is 0. The number of halogens is 1. The Labute approximate surface area is 196 Å². The lowest BCUT2D eigenvalue weighted by Crippen LogP contribution is -2.37. The van der Waals surface area contributed by atoms with E-state index in [1.54, 1.807) is 0 Å². The number of pyridine rings is 2. The minimum atomic E-state index is 0.481. The maximum atomic E-state index is 5.97. The van der Waals surface area contributed by atoms with Crippen molar-refractivity contribution in [2.45, 2.75) is 26.7 Å².